The lowest BCUT2D eigenvalue weighted by Crippen LogP contribution is -2.46. The van der Waals surface area contributed by atoms with Gasteiger partial charge in [0.15, 0.2) is 0 Å². The van der Waals surface area contributed by atoms with E-state index in [0.717, 1.165) is 0 Å². The molecule has 122 valence electrons. The van der Waals surface area contributed by atoms with Gasteiger partial charge in [0.2, 0.25) is 5.91 Å². The highest BCUT2D eigenvalue weighted by Crippen LogP contribution is 2.33. The number of rotatable bonds is 5. The van der Waals surface area contributed by atoms with Gasteiger partial charge in [0.05, 0.1) is 16.5 Å². The molecule has 1 amide bonds. The monoisotopic (exact) mass is 326 g/mol. The van der Waals surface area contributed by atoms with Gasteiger partial charge in [-0.3, -0.25) is 4.79 Å². The summed E-state index contributed by atoms with van der Waals surface area (Å²) in [6, 6.07) is 5.24. The number of hydrogen-bond donors (Lipinski definition) is 2. The largest absolute Gasteiger partial charge is 0.489 e. The normalized spacial score (nSPS) is 17.3. The van der Waals surface area contributed by atoms with Gasteiger partial charge in [0, 0.05) is 25.4 Å². The van der Waals surface area contributed by atoms with Crippen LogP contribution in [0.3, 0.4) is 0 Å². The molecular weight excluding hydrogens is 304 g/mol. The average molecular weight is 327 g/mol. The predicted molar refractivity (Wildman–Crippen MR) is 87.4 cm³/mol. The zero-order valence-electron chi connectivity index (χ0n) is 13.0. The maximum absolute atomic E-state index is 12.6. The molecule has 6 heteroatoms. The maximum Gasteiger partial charge on any atom is 0.232 e. The minimum atomic E-state index is -0.558. The first-order valence-electron chi connectivity index (χ1n) is 7.52. The van der Waals surface area contributed by atoms with Gasteiger partial charge >= 0.3 is 0 Å². The fourth-order valence-corrected chi connectivity index (χ4v) is 2.70. The van der Waals surface area contributed by atoms with Crippen LogP contribution in [0.2, 0.25) is 5.02 Å². The second-order valence-corrected chi connectivity index (χ2v) is 6.27. The molecule has 5 nitrogen and oxygen atoms in total. The Morgan fingerprint density at radius 3 is 2.68 bits per heavy atom. The molecule has 1 aromatic rings. The Morgan fingerprint density at radius 2 is 2.14 bits per heavy atom. The number of hydrogen-bond acceptors (Lipinski definition) is 4. The van der Waals surface area contributed by atoms with Crippen LogP contribution >= 0.6 is 11.6 Å². The summed E-state index contributed by atoms with van der Waals surface area (Å²) in [5, 5.41) is 3.38. The van der Waals surface area contributed by atoms with E-state index in [2.05, 4.69) is 5.32 Å². The number of carbonyl (C=O) groups excluding carboxylic acids is 1. The van der Waals surface area contributed by atoms with Crippen LogP contribution in [0.1, 0.15) is 26.7 Å². The highest BCUT2D eigenvalue weighted by molar-refractivity contribution is 6.32. The number of halogens is 1. The minimum Gasteiger partial charge on any atom is -0.489 e. The molecule has 22 heavy (non-hydrogen) atoms. The number of anilines is 1. The molecule has 3 N–H and O–H groups in total. The molecule has 1 aromatic carbocycles. The first-order valence-corrected chi connectivity index (χ1v) is 7.90. The number of nitrogens with two attached hydrogens (primary N) is 1. The topological polar surface area (TPSA) is 73.6 Å². The summed E-state index contributed by atoms with van der Waals surface area (Å²) in [5.74, 6) is 0.529. The molecule has 0 bridgehead atoms. The van der Waals surface area contributed by atoms with E-state index in [0.29, 0.717) is 49.1 Å². The highest BCUT2D eigenvalue weighted by atomic mass is 35.5. The molecular formula is C16H23ClN2O3. The maximum atomic E-state index is 12.6. The first-order chi connectivity index (χ1) is 10.5. The summed E-state index contributed by atoms with van der Waals surface area (Å²) >= 11 is 6.19. The smallest absolute Gasteiger partial charge is 0.232 e. The number of ether oxygens (including phenoxy) is 2. The number of benzene rings is 1. The SMILES string of the molecule is CC(C)Oc1ccc(NC(=O)C2(CN)CCOCC2)cc1Cl. The highest BCUT2D eigenvalue weighted by Gasteiger charge is 2.38. The second-order valence-electron chi connectivity index (χ2n) is 5.86. The van der Waals surface area contributed by atoms with E-state index in [1.165, 1.54) is 0 Å². The van der Waals surface area contributed by atoms with Crippen molar-refractivity contribution >= 4 is 23.2 Å². The Bertz CT molecular complexity index is 528. The lowest BCUT2D eigenvalue weighted by Gasteiger charge is -2.34. The van der Waals surface area contributed by atoms with Gasteiger partial charge < -0.3 is 20.5 Å². The Morgan fingerprint density at radius 1 is 1.45 bits per heavy atom. The van der Waals surface area contributed by atoms with E-state index in [1.54, 1.807) is 18.2 Å². The van der Waals surface area contributed by atoms with Crippen LogP contribution in [-0.4, -0.2) is 31.8 Å². The van der Waals surface area contributed by atoms with Crippen LogP contribution in [0.15, 0.2) is 18.2 Å². The van der Waals surface area contributed by atoms with Crippen molar-refractivity contribution in [1.29, 1.82) is 0 Å². The fraction of sp³-hybridized carbons (Fsp3) is 0.562. The molecule has 1 aliphatic rings. The lowest BCUT2D eigenvalue weighted by molar-refractivity contribution is -0.130. The van der Waals surface area contributed by atoms with Gasteiger partial charge in [-0.1, -0.05) is 11.6 Å². The summed E-state index contributed by atoms with van der Waals surface area (Å²) < 4.78 is 10.9. The van der Waals surface area contributed by atoms with Crippen molar-refractivity contribution in [3.05, 3.63) is 23.2 Å². The second kappa shape index (κ2) is 7.31. The predicted octanol–water partition coefficient (Wildman–Crippen LogP) is 2.82. The van der Waals surface area contributed by atoms with E-state index in [-0.39, 0.29) is 12.0 Å². The van der Waals surface area contributed by atoms with Crippen LogP contribution in [0, 0.1) is 5.41 Å². The fourth-order valence-electron chi connectivity index (χ4n) is 2.48. The van der Waals surface area contributed by atoms with Crippen molar-refractivity contribution in [2.45, 2.75) is 32.8 Å². The Balaban J connectivity index is 2.09. The van der Waals surface area contributed by atoms with E-state index in [1.807, 2.05) is 13.8 Å². The lowest BCUT2D eigenvalue weighted by atomic mass is 9.79. The summed E-state index contributed by atoms with van der Waals surface area (Å²) in [5.41, 5.74) is 5.93. The molecule has 1 saturated heterocycles. The first kappa shape index (κ1) is 17.1. The quantitative estimate of drug-likeness (QED) is 0.872. The van der Waals surface area contributed by atoms with Gasteiger partial charge in [-0.15, -0.1) is 0 Å². The summed E-state index contributed by atoms with van der Waals surface area (Å²) in [6.07, 6.45) is 1.32. The van der Waals surface area contributed by atoms with Crippen molar-refractivity contribution in [1.82, 2.24) is 0 Å². The third-order valence-corrected chi connectivity index (χ3v) is 4.17. The molecule has 0 aromatic heterocycles. The molecule has 0 unspecified atom stereocenters. The molecule has 1 aliphatic heterocycles. The van der Waals surface area contributed by atoms with Crippen molar-refractivity contribution in [3.8, 4) is 5.75 Å². The van der Waals surface area contributed by atoms with Gasteiger partial charge in [0.25, 0.3) is 0 Å². The number of carbonyl (C=O) groups is 1. The van der Waals surface area contributed by atoms with Gasteiger partial charge in [-0.25, -0.2) is 0 Å². The van der Waals surface area contributed by atoms with Gasteiger partial charge in [-0.2, -0.15) is 0 Å². The van der Waals surface area contributed by atoms with Crippen molar-refractivity contribution in [2.24, 2.45) is 11.1 Å². The van der Waals surface area contributed by atoms with Crippen molar-refractivity contribution in [2.75, 3.05) is 25.1 Å². The van der Waals surface area contributed by atoms with E-state index in [9.17, 15) is 4.79 Å². The average Bonchev–Trinajstić information content (AvgIpc) is 2.50. The standard InChI is InChI=1S/C16H23ClN2O3/c1-11(2)22-14-4-3-12(9-13(14)17)19-15(20)16(10-18)5-7-21-8-6-16/h3-4,9,11H,5-8,10,18H2,1-2H3,(H,19,20). The number of amides is 1. The van der Waals surface area contributed by atoms with Crippen molar-refractivity contribution in [3.63, 3.8) is 0 Å². The molecule has 0 aliphatic carbocycles. The Labute approximate surface area is 136 Å². The molecule has 2 rings (SSSR count). The molecule has 0 radical (unpaired) electrons. The zero-order valence-corrected chi connectivity index (χ0v) is 13.8. The molecule has 0 saturated carbocycles. The third-order valence-electron chi connectivity index (χ3n) is 3.87. The summed E-state index contributed by atoms with van der Waals surface area (Å²) in [6.45, 7) is 5.30. The van der Waals surface area contributed by atoms with Gasteiger partial charge in [0.1, 0.15) is 5.75 Å². The van der Waals surface area contributed by atoms with Crippen LogP contribution in [0.25, 0.3) is 0 Å². The minimum absolute atomic E-state index is 0.0423. The Hall–Kier alpha value is -1.30. The van der Waals surface area contributed by atoms with Crippen LogP contribution in [0.4, 0.5) is 5.69 Å². The molecule has 0 atom stereocenters. The summed E-state index contributed by atoms with van der Waals surface area (Å²) in [4.78, 5) is 12.6. The van der Waals surface area contributed by atoms with Crippen LogP contribution < -0.4 is 15.8 Å². The molecule has 1 fully saturated rings. The van der Waals surface area contributed by atoms with E-state index < -0.39 is 5.41 Å². The summed E-state index contributed by atoms with van der Waals surface area (Å²) in [7, 11) is 0. The van der Waals surface area contributed by atoms with Gasteiger partial charge in [-0.05, 0) is 44.9 Å². The van der Waals surface area contributed by atoms with E-state index in [4.69, 9.17) is 26.8 Å². The number of nitrogens with one attached hydrogen (secondary N) is 1. The molecule has 1 heterocycles. The van der Waals surface area contributed by atoms with Crippen molar-refractivity contribution < 1.29 is 14.3 Å². The Kier molecular flexibility index (Phi) is 5.67. The van der Waals surface area contributed by atoms with Crippen LogP contribution in [-0.2, 0) is 9.53 Å². The van der Waals surface area contributed by atoms with E-state index >= 15 is 0 Å². The zero-order chi connectivity index (χ0) is 16.2. The van der Waals surface area contributed by atoms with Crippen LogP contribution in [0.5, 0.6) is 5.75 Å². The third kappa shape index (κ3) is 3.91. The molecule has 0 spiro atoms.